The highest BCUT2D eigenvalue weighted by atomic mass is 35.5. The van der Waals surface area contributed by atoms with E-state index in [9.17, 15) is 14.4 Å². The van der Waals surface area contributed by atoms with Crippen LogP contribution in [0.5, 0.6) is 0 Å². The summed E-state index contributed by atoms with van der Waals surface area (Å²) in [5, 5.41) is 3.24. The van der Waals surface area contributed by atoms with Gasteiger partial charge in [0.1, 0.15) is 0 Å². The molecule has 33 heavy (non-hydrogen) atoms. The van der Waals surface area contributed by atoms with Gasteiger partial charge in [-0.25, -0.2) is 4.79 Å². The molecule has 2 aliphatic rings. The molecule has 1 N–H and O–H groups in total. The molecule has 9 heteroatoms. The molecule has 1 saturated carbocycles. The molecule has 2 amide bonds. The van der Waals surface area contributed by atoms with Crippen LogP contribution in [0.3, 0.4) is 0 Å². The van der Waals surface area contributed by atoms with Gasteiger partial charge in [0.05, 0.1) is 23.6 Å². The summed E-state index contributed by atoms with van der Waals surface area (Å²) >= 11 is 12.4. The topological polar surface area (TPSA) is 78.9 Å². The maximum atomic E-state index is 13.3. The summed E-state index contributed by atoms with van der Waals surface area (Å²) in [4.78, 5) is 41.2. The van der Waals surface area contributed by atoms with E-state index in [-0.39, 0.29) is 23.4 Å². The molecule has 1 heterocycles. The summed E-state index contributed by atoms with van der Waals surface area (Å²) in [6.45, 7) is 2.20. The number of methoxy groups -OCH3 is 1. The second-order valence-corrected chi connectivity index (χ2v) is 9.43. The molecule has 1 saturated heterocycles. The van der Waals surface area contributed by atoms with Gasteiger partial charge >= 0.3 is 5.97 Å². The third kappa shape index (κ3) is 6.71. The number of amides is 2. The number of esters is 1. The van der Waals surface area contributed by atoms with Gasteiger partial charge in [0.15, 0.2) is 0 Å². The van der Waals surface area contributed by atoms with Crippen molar-refractivity contribution in [3.05, 3.63) is 39.9 Å². The Balaban J connectivity index is 1.74. The van der Waals surface area contributed by atoms with Gasteiger partial charge in [-0.1, -0.05) is 36.0 Å². The van der Waals surface area contributed by atoms with Gasteiger partial charge in [0.25, 0.3) is 0 Å². The maximum Gasteiger partial charge on any atom is 0.330 e. The number of rotatable bonds is 7. The average molecular weight is 496 g/mol. The zero-order valence-electron chi connectivity index (χ0n) is 19.1. The van der Waals surface area contributed by atoms with E-state index < -0.39 is 11.9 Å². The standard InChI is InChI=1S/C24H31Cl2N3O4/c1-28(20-7-3-4-8-21(20)29-11-5-6-12-29)23(31)14-16-13-17(25)18(26)15-19(16)27-22(30)9-10-24(32)33-2/h9-10,13,15,20-21H,3-8,11-12,14H2,1-2H3,(H,27,30)/b10-9+/t20-,21-/m0/s1. The Bertz CT molecular complexity index is 915. The second kappa shape index (κ2) is 11.9. The zero-order valence-corrected chi connectivity index (χ0v) is 20.6. The Hall–Kier alpha value is -2.09. The number of nitrogens with one attached hydrogen (secondary N) is 1. The van der Waals surface area contributed by atoms with Gasteiger partial charge < -0.3 is 15.0 Å². The van der Waals surface area contributed by atoms with Crippen molar-refractivity contribution in [3.8, 4) is 0 Å². The van der Waals surface area contributed by atoms with E-state index in [4.69, 9.17) is 23.2 Å². The first-order valence-corrected chi connectivity index (χ1v) is 12.1. The Kier molecular flexibility index (Phi) is 9.18. The van der Waals surface area contributed by atoms with Gasteiger partial charge in [-0.15, -0.1) is 0 Å². The highest BCUT2D eigenvalue weighted by Crippen LogP contribution is 2.32. The number of benzene rings is 1. The minimum absolute atomic E-state index is 0.0370. The normalized spacial score (nSPS) is 21.2. The summed E-state index contributed by atoms with van der Waals surface area (Å²) in [5.74, 6) is -1.22. The van der Waals surface area contributed by atoms with Crippen LogP contribution in [0.15, 0.2) is 24.3 Å². The van der Waals surface area contributed by atoms with E-state index in [0.29, 0.717) is 22.3 Å². The molecule has 2 fully saturated rings. The summed E-state index contributed by atoms with van der Waals surface area (Å²) < 4.78 is 4.49. The molecule has 2 atom stereocenters. The van der Waals surface area contributed by atoms with Gasteiger partial charge in [-0.05, 0) is 56.5 Å². The van der Waals surface area contributed by atoms with E-state index in [2.05, 4.69) is 15.0 Å². The Morgan fingerprint density at radius 2 is 1.76 bits per heavy atom. The molecule has 1 aliphatic heterocycles. The van der Waals surface area contributed by atoms with Crippen molar-refractivity contribution in [3.63, 3.8) is 0 Å². The predicted octanol–water partition coefficient (Wildman–Crippen LogP) is 4.07. The molecule has 7 nitrogen and oxygen atoms in total. The monoisotopic (exact) mass is 495 g/mol. The first-order valence-electron chi connectivity index (χ1n) is 11.3. The lowest BCUT2D eigenvalue weighted by molar-refractivity contribution is -0.135. The number of hydrogen-bond acceptors (Lipinski definition) is 5. The van der Waals surface area contributed by atoms with Crippen LogP contribution in [0.4, 0.5) is 5.69 Å². The molecule has 180 valence electrons. The van der Waals surface area contributed by atoms with Crippen LogP contribution < -0.4 is 5.32 Å². The molecule has 0 spiro atoms. The van der Waals surface area contributed by atoms with Crippen molar-refractivity contribution in [2.75, 3.05) is 32.6 Å². The summed E-state index contributed by atoms with van der Waals surface area (Å²) in [7, 11) is 3.10. The van der Waals surface area contributed by atoms with Crippen molar-refractivity contribution in [2.45, 2.75) is 57.0 Å². The van der Waals surface area contributed by atoms with Crippen LogP contribution in [0.25, 0.3) is 0 Å². The molecule has 1 aromatic rings. The van der Waals surface area contributed by atoms with E-state index in [1.165, 1.54) is 32.4 Å². The molecule has 0 bridgehead atoms. The molecule has 3 rings (SSSR count). The number of carbonyl (C=O) groups excluding carboxylic acids is 3. The lowest BCUT2D eigenvalue weighted by atomic mass is 9.88. The van der Waals surface area contributed by atoms with Crippen LogP contribution in [0.1, 0.15) is 44.1 Å². The van der Waals surface area contributed by atoms with Crippen molar-refractivity contribution in [2.24, 2.45) is 0 Å². The van der Waals surface area contributed by atoms with Crippen LogP contribution in [0.2, 0.25) is 10.0 Å². The molecular weight excluding hydrogens is 465 g/mol. The number of nitrogens with zero attached hydrogens (tertiary/aromatic N) is 2. The number of likely N-dealkylation sites (N-methyl/N-ethyl adjacent to an activating group) is 1. The SMILES string of the molecule is COC(=O)/C=C/C(=O)Nc1cc(Cl)c(Cl)cc1CC(=O)N(C)[C@H]1CCCC[C@@H]1N1CCCC1. The lowest BCUT2D eigenvalue weighted by Crippen LogP contribution is -2.53. The van der Waals surface area contributed by atoms with Crippen molar-refractivity contribution >= 4 is 46.7 Å². The van der Waals surface area contributed by atoms with Crippen LogP contribution >= 0.6 is 23.2 Å². The van der Waals surface area contributed by atoms with Crippen molar-refractivity contribution in [1.82, 2.24) is 9.80 Å². The number of halogens is 2. The zero-order chi connectivity index (χ0) is 24.0. The van der Waals surface area contributed by atoms with Crippen LogP contribution in [-0.4, -0.2) is 66.9 Å². The Morgan fingerprint density at radius 3 is 2.45 bits per heavy atom. The van der Waals surface area contributed by atoms with E-state index in [1.54, 1.807) is 6.07 Å². The van der Waals surface area contributed by atoms with Crippen LogP contribution in [-0.2, 0) is 25.5 Å². The molecule has 0 aromatic heterocycles. The molecule has 1 aromatic carbocycles. The van der Waals surface area contributed by atoms with Gasteiger partial charge in [0, 0.05) is 37.0 Å². The minimum atomic E-state index is -0.642. The predicted molar refractivity (Wildman–Crippen MR) is 130 cm³/mol. The Labute approximate surface area is 205 Å². The van der Waals surface area contributed by atoms with Crippen molar-refractivity contribution < 1.29 is 19.1 Å². The van der Waals surface area contributed by atoms with Gasteiger partial charge in [-0.2, -0.15) is 0 Å². The number of hydrogen-bond donors (Lipinski definition) is 1. The number of ether oxygens (including phenoxy) is 1. The fraction of sp³-hybridized carbons (Fsp3) is 0.542. The fourth-order valence-corrected chi connectivity index (χ4v) is 5.10. The van der Waals surface area contributed by atoms with E-state index >= 15 is 0 Å². The highest BCUT2D eigenvalue weighted by molar-refractivity contribution is 6.42. The molecule has 0 unspecified atom stereocenters. The number of carbonyl (C=O) groups is 3. The van der Waals surface area contributed by atoms with E-state index in [1.807, 2.05) is 11.9 Å². The minimum Gasteiger partial charge on any atom is -0.466 e. The largest absolute Gasteiger partial charge is 0.466 e. The second-order valence-electron chi connectivity index (χ2n) is 8.61. The lowest BCUT2D eigenvalue weighted by Gasteiger charge is -2.42. The molecule has 0 radical (unpaired) electrons. The van der Waals surface area contributed by atoms with Crippen LogP contribution in [0, 0.1) is 0 Å². The average Bonchev–Trinajstić information content (AvgIpc) is 3.35. The first kappa shape index (κ1) is 25.5. The number of likely N-dealkylation sites (tertiary alicyclic amines) is 1. The van der Waals surface area contributed by atoms with Gasteiger partial charge in [0.2, 0.25) is 11.8 Å². The maximum absolute atomic E-state index is 13.3. The first-order chi connectivity index (χ1) is 15.8. The smallest absolute Gasteiger partial charge is 0.330 e. The summed E-state index contributed by atoms with van der Waals surface area (Å²) in [5.41, 5.74) is 0.944. The van der Waals surface area contributed by atoms with E-state index in [0.717, 1.165) is 44.5 Å². The summed E-state index contributed by atoms with van der Waals surface area (Å²) in [6.07, 6.45) is 9.02. The fourth-order valence-electron chi connectivity index (χ4n) is 4.75. The third-order valence-electron chi connectivity index (χ3n) is 6.51. The van der Waals surface area contributed by atoms with Gasteiger partial charge in [-0.3, -0.25) is 14.5 Å². The van der Waals surface area contributed by atoms with Crippen molar-refractivity contribution in [1.29, 1.82) is 0 Å². The Morgan fingerprint density at radius 1 is 1.09 bits per heavy atom. The third-order valence-corrected chi connectivity index (χ3v) is 7.23. The molecular formula is C24H31Cl2N3O4. The molecule has 1 aliphatic carbocycles. The quantitative estimate of drug-likeness (QED) is 0.455. The summed E-state index contributed by atoms with van der Waals surface area (Å²) in [6, 6.07) is 3.69. The number of anilines is 1. The highest BCUT2D eigenvalue weighted by Gasteiger charge is 2.35.